The summed E-state index contributed by atoms with van der Waals surface area (Å²) in [6, 6.07) is 16.2. The van der Waals surface area contributed by atoms with Gasteiger partial charge in [-0.15, -0.1) is 0 Å². The van der Waals surface area contributed by atoms with Crippen LogP contribution in [0.25, 0.3) is 0 Å². The lowest BCUT2D eigenvalue weighted by Crippen LogP contribution is -2.03. The van der Waals surface area contributed by atoms with Crippen LogP contribution >= 0.6 is 0 Å². The number of ether oxygens (including phenoxy) is 2. The third kappa shape index (κ3) is 4.50. The van der Waals surface area contributed by atoms with Crippen molar-refractivity contribution in [1.82, 2.24) is 0 Å². The van der Waals surface area contributed by atoms with E-state index in [4.69, 9.17) is 15.2 Å². The molecule has 3 nitrogen and oxygen atoms in total. The van der Waals surface area contributed by atoms with E-state index in [1.54, 1.807) is 7.11 Å². The van der Waals surface area contributed by atoms with Crippen molar-refractivity contribution in [2.45, 2.75) is 25.9 Å². The molecule has 0 spiro atoms. The number of nitrogens with two attached hydrogens (primary N) is 1. The minimum Gasteiger partial charge on any atom is -0.497 e. The Morgan fingerprint density at radius 2 is 1.57 bits per heavy atom. The van der Waals surface area contributed by atoms with Crippen molar-refractivity contribution in [3.05, 3.63) is 59.7 Å². The first-order chi connectivity index (χ1) is 10.2. The third-order valence-electron chi connectivity index (χ3n) is 3.49. The Bertz CT molecular complexity index is 534. The molecule has 21 heavy (non-hydrogen) atoms. The summed E-state index contributed by atoms with van der Waals surface area (Å²) in [7, 11) is 1.67. The number of hydrogen-bond donors (Lipinski definition) is 1. The van der Waals surface area contributed by atoms with Crippen LogP contribution in [0.5, 0.6) is 11.5 Å². The second-order valence-corrected chi connectivity index (χ2v) is 5.07. The van der Waals surface area contributed by atoms with Gasteiger partial charge in [0.25, 0.3) is 0 Å². The SMILES string of the molecule is COc1ccc(C(C)Oc2ccc(CCCN)cc2)cc1. The zero-order valence-corrected chi connectivity index (χ0v) is 12.7. The molecule has 0 saturated heterocycles. The van der Waals surface area contributed by atoms with E-state index in [0.717, 1.165) is 36.4 Å². The van der Waals surface area contributed by atoms with E-state index in [2.05, 4.69) is 12.1 Å². The Labute approximate surface area is 126 Å². The molecule has 2 aromatic carbocycles. The quantitative estimate of drug-likeness (QED) is 0.843. The molecule has 2 aromatic rings. The number of benzene rings is 2. The Kier molecular flexibility index (Phi) is 5.64. The minimum atomic E-state index is 0.00537. The van der Waals surface area contributed by atoms with Gasteiger partial charge in [0.1, 0.15) is 17.6 Å². The predicted octanol–water partition coefficient (Wildman–Crippen LogP) is 3.73. The van der Waals surface area contributed by atoms with Gasteiger partial charge in [-0.1, -0.05) is 24.3 Å². The first kappa shape index (κ1) is 15.4. The van der Waals surface area contributed by atoms with E-state index in [1.165, 1.54) is 5.56 Å². The van der Waals surface area contributed by atoms with Crippen molar-refractivity contribution in [2.75, 3.05) is 13.7 Å². The van der Waals surface area contributed by atoms with E-state index in [9.17, 15) is 0 Å². The van der Waals surface area contributed by atoms with Gasteiger partial charge in [-0.25, -0.2) is 0 Å². The van der Waals surface area contributed by atoms with E-state index < -0.39 is 0 Å². The molecule has 0 aliphatic carbocycles. The van der Waals surface area contributed by atoms with Crippen LogP contribution < -0.4 is 15.2 Å². The van der Waals surface area contributed by atoms with Crippen molar-refractivity contribution in [2.24, 2.45) is 5.73 Å². The van der Waals surface area contributed by atoms with E-state index in [1.807, 2.05) is 43.3 Å². The summed E-state index contributed by atoms with van der Waals surface area (Å²) in [6.45, 7) is 2.77. The lowest BCUT2D eigenvalue weighted by molar-refractivity contribution is 0.227. The first-order valence-corrected chi connectivity index (χ1v) is 7.32. The maximum atomic E-state index is 5.97. The summed E-state index contributed by atoms with van der Waals surface area (Å²) in [5, 5.41) is 0. The fraction of sp³-hybridized carbons (Fsp3) is 0.333. The molecule has 0 aliphatic heterocycles. The molecule has 2 rings (SSSR count). The van der Waals surface area contributed by atoms with Crippen molar-refractivity contribution >= 4 is 0 Å². The predicted molar refractivity (Wildman–Crippen MR) is 85.9 cm³/mol. The summed E-state index contributed by atoms with van der Waals surface area (Å²) in [5.41, 5.74) is 7.95. The average Bonchev–Trinajstić information content (AvgIpc) is 2.54. The molecular formula is C18H23NO2. The highest BCUT2D eigenvalue weighted by Crippen LogP contribution is 2.23. The Hall–Kier alpha value is -2.00. The summed E-state index contributed by atoms with van der Waals surface area (Å²) in [6.07, 6.45) is 2.04. The molecule has 0 aliphatic rings. The van der Waals surface area contributed by atoms with Gasteiger partial charge in [-0.3, -0.25) is 0 Å². The lowest BCUT2D eigenvalue weighted by Gasteiger charge is -2.15. The molecule has 0 heterocycles. The van der Waals surface area contributed by atoms with Crippen LogP contribution in [0.1, 0.15) is 30.6 Å². The zero-order chi connectivity index (χ0) is 15.1. The average molecular weight is 285 g/mol. The Morgan fingerprint density at radius 3 is 2.14 bits per heavy atom. The Balaban J connectivity index is 1.96. The molecule has 0 radical (unpaired) electrons. The molecular weight excluding hydrogens is 262 g/mol. The second kappa shape index (κ2) is 7.70. The van der Waals surface area contributed by atoms with Crippen LogP contribution in [0.4, 0.5) is 0 Å². The fourth-order valence-corrected chi connectivity index (χ4v) is 2.19. The molecule has 0 fully saturated rings. The van der Waals surface area contributed by atoms with Crippen LogP contribution in [0.15, 0.2) is 48.5 Å². The van der Waals surface area contributed by atoms with E-state index in [0.29, 0.717) is 0 Å². The number of aryl methyl sites for hydroxylation is 1. The molecule has 3 heteroatoms. The number of hydrogen-bond acceptors (Lipinski definition) is 3. The van der Waals surface area contributed by atoms with Gasteiger partial charge in [0.15, 0.2) is 0 Å². The number of methoxy groups -OCH3 is 1. The topological polar surface area (TPSA) is 44.5 Å². The second-order valence-electron chi connectivity index (χ2n) is 5.07. The molecule has 112 valence electrons. The van der Waals surface area contributed by atoms with Crippen molar-refractivity contribution in [3.63, 3.8) is 0 Å². The van der Waals surface area contributed by atoms with Gasteiger partial charge in [0, 0.05) is 0 Å². The van der Waals surface area contributed by atoms with Gasteiger partial charge < -0.3 is 15.2 Å². The molecule has 0 amide bonds. The van der Waals surface area contributed by atoms with Gasteiger partial charge >= 0.3 is 0 Å². The normalized spacial score (nSPS) is 12.0. The smallest absolute Gasteiger partial charge is 0.121 e. The van der Waals surface area contributed by atoms with Gasteiger partial charge in [-0.05, 0) is 61.7 Å². The first-order valence-electron chi connectivity index (χ1n) is 7.32. The van der Waals surface area contributed by atoms with Crippen LogP contribution in [0.2, 0.25) is 0 Å². The highest BCUT2D eigenvalue weighted by Gasteiger charge is 2.07. The van der Waals surface area contributed by atoms with Crippen LogP contribution in [-0.4, -0.2) is 13.7 Å². The lowest BCUT2D eigenvalue weighted by atomic mass is 10.1. The molecule has 2 N–H and O–H groups in total. The van der Waals surface area contributed by atoms with Crippen molar-refractivity contribution in [1.29, 1.82) is 0 Å². The molecule has 1 unspecified atom stereocenters. The standard InChI is InChI=1S/C18H23NO2/c1-14(16-7-11-17(20-2)12-8-16)21-18-9-5-15(6-10-18)4-3-13-19/h5-12,14H,3-4,13,19H2,1-2H3. The maximum absolute atomic E-state index is 5.97. The maximum Gasteiger partial charge on any atom is 0.121 e. The van der Waals surface area contributed by atoms with Gasteiger partial charge in [0.2, 0.25) is 0 Å². The highest BCUT2D eigenvalue weighted by atomic mass is 16.5. The fourth-order valence-electron chi connectivity index (χ4n) is 2.19. The monoisotopic (exact) mass is 285 g/mol. The summed E-state index contributed by atoms with van der Waals surface area (Å²) >= 11 is 0. The molecule has 1 atom stereocenters. The van der Waals surface area contributed by atoms with Crippen molar-refractivity contribution in [3.8, 4) is 11.5 Å². The Morgan fingerprint density at radius 1 is 0.952 bits per heavy atom. The summed E-state index contributed by atoms with van der Waals surface area (Å²) in [4.78, 5) is 0. The summed E-state index contributed by atoms with van der Waals surface area (Å²) < 4.78 is 11.1. The molecule has 0 bridgehead atoms. The summed E-state index contributed by atoms with van der Waals surface area (Å²) in [5.74, 6) is 1.74. The zero-order valence-electron chi connectivity index (χ0n) is 12.7. The molecule has 0 saturated carbocycles. The van der Waals surface area contributed by atoms with Gasteiger partial charge in [0.05, 0.1) is 7.11 Å². The van der Waals surface area contributed by atoms with Crippen LogP contribution in [0.3, 0.4) is 0 Å². The van der Waals surface area contributed by atoms with Crippen LogP contribution in [-0.2, 0) is 6.42 Å². The van der Waals surface area contributed by atoms with Gasteiger partial charge in [-0.2, -0.15) is 0 Å². The third-order valence-corrected chi connectivity index (χ3v) is 3.49. The minimum absolute atomic E-state index is 0.00537. The largest absolute Gasteiger partial charge is 0.497 e. The number of rotatable bonds is 7. The van der Waals surface area contributed by atoms with E-state index in [-0.39, 0.29) is 6.10 Å². The van der Waals surface area contributed by atoms with Crippen LogP contribution in [0, 0.1) is 0 Å². The highest BCUT2D eigenvalue weighted by molar-refractivity contribution is 5.31. The molecule has 0 aromatic heterocycles. The van der Waals surface area contributed by atoms with Crippen molar-refractivity contribution < 1.29 is 9.47 Å². The van der Waals surface area contributed by atoms with E-state index >= 15 is 0 Å².